The van der Waals surface area contributed by atoms with E-state index in [-0.39, 0.29) is 0 Å². The first-order valence-electron chi connectivity index (χ1n) is 5.37. The highest BCUT2D eigenvalue weighted by molar-refractivity contribution is 7.09. The average molecular weight is 298 g/mol. The van der Waals surface area contributed by atoms with Gasteiger partial charge < -0.3 is 4.57 Å². The highest BCUT2D eigenvalue weighted by atomic mass is 35.5. The maximum Gasteiger partial charge on any atom is 0.125 e. The van der Waals surface area contributed by atoms with Gasteiger partial charge in [0.2, 0.25) is 0 Å². The molecule has 0 unspecified atom stereocenters. The van der Waals surface area contributed by atoms with Crippen LogP contribution in [0.3, 0.4) is 0 Å². The normalized spacial score (nSPS) is 11.2. The first-order valence-corrected chi connectivity index (χ1v) is 7.17. The van der Waals surface area contributed by atoms with Crippen LogP contribution in [-0.2, 0) is 12.4 Å². The zero-order valence-corrected chi connectivity index (χ0v) is 11.6. The average Bonchev–Trinajstić information content (AvgIpc) is 2.99. The van der Waals surface area contributed by atoms with Gasteiger partial charge in [0.05, 0.1) is 23.0 Å². The first kappa shape index (κ1) is 12.0. The molecule has 0 amide bonds. The molecule has 0 aliphatic rings. The van der Waals surface area contributed by atoms with Crippen molar-refractivity contribution in [2.75, 3.05) is 0 Å². The number of alkyl halides is 1. The van der Waals surface area contributed by atoms with Gasteiger partial charge >= 0.3 is 0 Å². The van der Waals surface area contributed by atoms with Crippen molar-refractivity contribution in [2.24, 2.45) is 0 Å². The fourth-order valence-electron chi connectivity index (χ4n) is 1.91. The van der Waals surface area contributed by atoms with Gasteiger partial charge in [0.15, 0.2) is 0 Å². The summed E-state index contributed by atoms with van der Waals surface area (Å²) in [6, 6.07) is 5.75. The number of hydrogen-bond donors (Lipinski definition) is 0. The van der Waals surface area contributed by atoms with Gasteiger partial charge in [-0.3, -0.25) is 0 Å². The van der Waals surface area contributed by atoms with Crippen molar-refractivity contribution >= 4 is 45.6 Å². The van der Waals surface area contributed by atoms with E-state index in [0.717, 1.165) is 21.9 Å². The van der Waals surface area contributed by atoms with Crippen LogP contribution in [0.25, 0.3) is 11.0 Å². The predicted octanol–water partition coefficient (Wildman–Crippen LogP) is 3.93. The molecule has 18 heavy (non-hydrogen) atoms. The van der Waals surface area contributed by atoms with Gasteiger partial charge in [-0.2, -0.15) is 0 Å². The largest absolute Gasteiger partial charge is 0.320 e. The van der Waals surface area contributed by atoms with Gasteiger partial charge in [-0.15, -0.1) is 22.9 Å². The molecule has 6 heteroatoms. The molecule has 92 valence electrons. The van der Waals surface area contributed by atoms with Crippen LogP contribution in [0.4, 0.5) is 0 Å². The van der Waals surface area contributed by atoms with E-state index in [1.54, 1.807) is 17.5 Å². The molecule has 3 aromatic rings. The van der Waals surface area contributed by atoms with Crippen LogP contribution in [0.2, 0.25) is 5.02 Å². The number of benzene rings is 1. The zero-order valence-electron chi connectivity index (χ0n) is 9.31. The lowest BCUT2D eigenvalue weighted by Crippen LogP contribution is -2.03. The Kier molecular flexibility index (Phi) is 3.24. The van der Waals surface area contributed by atoms with Crippen LogP contribution in [0.1, 0.15) is 10.8 Å². The van der Waals surface area contributed by atoms with Crippen molar-refractivity contribution in [3.8, 4) is 0 Å². The van der Waals surface area contributed by atoms with Gasteiger partial charge in [0.1, 0.15) is 16.3 Å². The summed E-state index contributed by atoms with van der Waals surface area (Å²) in [6.07, 6.45) is 1.80. The van der Waals surface area contributed by atoms with E-state index in [1.807, 2.05) is 23.6 Å². The molecule has 0 radical (unpaired) electrons. The summed E-state index contributed by atoms with van der Waals surface area (Å²) in [6.45, 7) is 0.677. The Labute approximate surface area is 118 Å². The van der Waals surface area contributed by atoms with Crippen LogP contribution < -0.4 is 0 Å². The molecular weight excluding hydrogens is 289 g/mol. The lowest BCUT2D eigenvalue weighted by molar-refractivity contribution is 0.773. The molecule has 0 aliphatic carbocycles. The molecule has 0 atom stereocenters. The second-order valence-electron chi connectivity index (χ2n) is 3.78. The molecule has 0 saturated carbocycles. The van der Waals surface area contributed by atoms with Crippen LogP contribution in [0.15, 0.2) is 29.8 Å². The smallest absolute Gasteiger partial charge is 0.125 e. The third kappa shape index (κ3) is 2.00. The summed E-state index contributed by atoms with van der Waals surface area (Å²) in [7, 11) is 0. The fraction of sp³-hybridized carbons (Fsp3) is 0.167. The highest BCUT2D eigenvalue weighted by Gasteiger charge is 2.13. The molecular formula is C12H9Cl2N3S. The van der Waals surface area contributed by atoms with Gasteiger partial charge in [-0.05, 0) is 12.1 Å². The molecule has 2 aromatic heterocycles. The van der Waals surface area contributed by atoms with Crippen molar-refractivity contribution in [3.63, 3.8) is 0 Å². The number of aromatic nitrogens is 3. The Hall–Kier alpha value is -1.10. The van der Waals surface area contributed by atoms with E-state index < -0.39 is 0 Å². The van der Waals surface area contributed by atoms with E-state index in [1.165, 1.54) is 0 Å². The van der Waals surface area contributed by atoms with Crippen molar-refractivity contribution in [2.45, 2.75) is 12.4 Å². The molecule has 0 N–H and O–H groups in total. The third-order valence-corrected chi connectivity index (χ3v) is 4.01. The monoisotopic (exact) mass is 297 g/mol. The van der Waals surface area contributed by atoms with Crippen molar-refractivity contribution in [3.05, 3.63) is 45.6 Å². The zero-order chi connectivity index (χ0) is 12.5. The summed E-state index contributed by atoms with van der Waals surface area (Å²) in [5.74, 6) is 1.17. The van der Waals surface area contributed by atoms with E-state index >= 15 is 0 Å². The lowest BCUT2D eigenvalue weighted by atomic mass is 10.3. The molecule has 2 heterocycles. The van der Waals surface area contributed by atoms with Crippen molar-refractivity contribution < 1.29 is 0 Å². The minimum atomic E-state index is 0.358. The summed E-state index contributed by atoms with van der Waals surface area (Å²) in [5.41, 5.74) is 1.79. The van der Waals surface area contributed by atoms with E-state index in [4.69, 9.17) is 23.2 Å². The molecule has 0 aliphatic heterocycles. The summed E-state index contributed by atoms with van der Waals surface area (Å²) in [5, 5.41) is 3.64. The summed E-state index contributed by atoms with van der Waals surface area (Å²) in [4.78, 5) is 8.78. The van der Waals surface area contributed by atoms with E-state index in [0.29, 0.717) is 17.4 Å². The number of halogens is 2. The van der Waals surface area contributed by atoms with Gasteiger partial charge in [0.25, 0.3) is 0 Å². The molecule has 0 saturated heterocycles. The quantitative estimate of drug-likeness (QED) is 0.686. The Morgan fingerprint density at radius 3 is 2.94 bits per heavy atom. The molecule has 0 spiro atoms. The Morgan fingerprint density at radius 1 is 1.33 bits per heavy atom. The highest BCUT2D eigenvalue weighted by Crippen LogP contribution is 2.25. The number of hydrogen-bond acceptors (Lipinski definition) is 3. The van der Waals surface area contributed by atoms with Gasteiger partial charge in [-0.25, -0.2) is 9.97 Å². The topological polar surface area (TPSA) is 30.7 Å². The lowest BCUT2D eigenvalue weighted by Gasteiger charge is -2.05. The SMILES string of the molecule is ClCc1nc2c(Cl)cccc2n1Cc1nccs1. The van der Waals surface area contributed by atoms with Crippen LogP contribution in [0, 0.1) is 0 Å². The van der Waals surface area contributed by atoms with Crippen LogP contribution in [-0.4, -0.2) is 14.5 Å². The predicted molar refractivity (Wildman–Crippen MR) is 75.5 cm³/mol. The molecule has 3 rings (SSSR count). The number of thiazole rings is 1. The molecule has 0 bridgehead atoms. The molecule has 0 fully saturated rings. The van der Waals surface area contributed by atoms with E-state index in [2.05, 4.69) is 14.5 Å². The van der Waals surface area contributed by atoms with Gasteiger partial charge in [-0.1, -0.05) is 17.7 Å². The standard InChI is InChI=1S/C12H9Cl2N3S/c13-6-10-16-12-8(14)2-1-3-9(12)17(10)7-11-15-4-5-18-11/h1-5H,6-7H2. The Balaban J connectivity index is 2.17. The third-order valence-electron chi connectivity index (χ3n) is 2.71. The maximum absolute atomic E-state index is 6.15. The molecule has 1 aromatic carbocycles. The van der Waals surface area contributed by atoms with E-state index in [9.17, 15) is 0 Å². The second-order valence-corrected chi connectivity index (χ2v) is 5.43. The first-order chi connectivity index (χ1) is 8.79. The second kappa shape index (κ2) is 4.88. The maximum atomic E-state index is 6.15. The number of para-hydroxylation sites is 1. The van der Waals surface area contributed by atoms with Crippen LogP contribution in [0.5, 0.6) is 0 Å². The molecule has 3 nitrogen and oxygen atoms in total. The van der Waals surface area contributed by atoms with Crippen LogP contribution >= 0.6 is 34.5 Å². The fourth-order valence-corrected chi connectivity index (χ4v) is 2.93. The Bertz CT molecular complexity index is 676. The minimum Gasteiger partial charge on any atom is -0.320 e. The summed E-state index contributed by atoms with van der Waals surface area (Å²) >= 11 is 13.7. The van der Waals surface area contributed by atoms with Crippen molar-refractivity contribution in [1.82, 2.24) is 14.5 Å². The van der Waals surface area contributed by atoms with Gasteiger partial charge in [0, 0.05) is 11.6 Å². The number of fused-ring (bicyclic) bond motifs is 1. The Morgan fingerprint density at radius 2 is 2.22 bits per heavy atom. The number of rotatable bonds is 3. The summed E-state index contributed by atoms with van der Waals surface area (Å²) < 4.78 is 2.06. The minimum absolute atomic E-state index is 0.358. The number of imidazole rings is 1. The number of nitrogens with zero attached hydrogens (tertiary/aromatic N) is 3. The van der Waals surface area contributed by atoms with Crippen molar-refractivity contribution in [1.29, 1.82) is 0 Å².